The molecule has 5 nitrogen and oxygen atoms in total. The van der Waals surface area contributed by atoms with Crippen molar-refractivity contribution in [2.45, 2.75) is 6.42 Å². The Morgan fingerprint density at radius 1 is 1.06 bits per heavy atom. The van der Waals surface area contributed by atoms with E-state index in [4.69, 9.17) is 0 Å². The molecule has 0 fully saturated rings. The molecule has 0 saturated carbocycles. The number of ketones is 1. The molecule has 16 heavy (non-hydrogen) atoms. The van der Waals surface area contributed by atoms with Crippen LogP contribution in [-0.2, 0) is 20.8 Å². The third kappa shape index (κ3) is 2.91. The van der Waals surface area contributed by atoms with Gasteiger partial charge in [-0.1, -0.05) is 30.3 Å². The van der Waals surface area contributed by atoms with Gasteiger partial charge in [-0.25, -0.2) is 0 Å². The molecule has 1 aromatic carbocycles. The molecule has 0 amide bonds. The fourth-order valence-corrected chi connectivity index (χ4v) is 1.28. The largest absolute Gasteiger partial charge is 0.549 e. The van der Waals surface area contributed by atoms with Crippen LogP contribution in [0.25, 0.3) is 0 Å². The van der Waals surface area contributed by atoms with Gasteiger partial charge in [0.25, 0.3) is 0 Å². The smallest absolute Gasteiger partial charge is 0.187 e. The van der Waals surface area contributed by atoms with Gasteiger partial charge in [0.2, 0.25) is 0 Å². The minimum Gasteiger partial charge on any atom is -0.549 e. The highest BCUT2D eigenvalue weighted by molar-refractivity contribution is 6.36. The molecule has 1 atom stereocenters. The van der Waals surface area contributed by atoms with Crippen molar-refractivity contribution >= 4 is 17.7 Å². The first-order valence-corrected chi connectivity index (χ1v) is 4.52. The summed E-state index contributed by atoms with van der Waals surface area (Å²) in [4.78, 5) is 31.9. The van der Waals surface area contributed by atoms with E-state index in [1.807, 2.05) is 0 Å². The van der Waals surface area contributed by atoms with Crippen LogP contribution < -0.4 is 10.2 Å². The van der Waals surface area contributed by atoms with E-state index in [1.165, 1.54) is 0 Å². The van der Waals surface area contributed by atoms with Gasteiger partial charge < -0.3 is 19.8 Å². The molecular formula is C11H8O5-2. The van der Waals surface area contributed by atoms with Crippen LogP contribution in [0.1, 0.15) is 5.56 Å². The van der Waals surface area contributed by atoms with Crippen molar-refractivity contribution in [2.75, 3.05) is 0 Å². The molecule has 84 valence electrons. The lowest BCUT2D eigenvalue weighted by atomic mass is 9.95. The maximum atomic E-state index is 11.0. The zero-order valence-corrected chi connectivity index (χ0v) is 8.21. The van der Waals surface area contributed by atoms with Gasteiger partial charge in [-0.15, -0.1) is 0 Å². The van der Waals surface area contributed by atoms with E-state index in [0.717, 1.165) is 0 Å². The topological polar surface area (TPSA) is 97.3 Å². The normalized spacial score (nSPS) is 11.8. The average Bonchev–Trinajstić information content (AvgIpc) is 2.26. The van der Waals surface area contributed by atoms with Crippen molar-refractivity contribution in [3.8, 4) is 0 Å². The number of carboxylic acids is 2. The first-order chi connectivity index (χ1) is 7.52. The number of hydrogen-bond acceptors (Lipinski definition) is 5. The van der Waals surface area contributed by atoms with E-state index in [0.29, 0.717) is 5.56 Å². The highest BCUT2D eigenvalue weighted by Crippen LogP contribution is 2.09. The highest BCUT2D eigenvalue weighted by Gasteiger charge is 2.20. The van der Waals surface area contributed by atoms with Gasteiger partial charge in [-0.05, 0) is 12.0 Å². The molecule has 5 heteroatoms. The van der Waals surface area contributed by atoms with Crippen molar-refractivity contribution in [1.82, 2.24) is 0 Å². The van der Waals surface area contributed by atoms with Gasteiger partial charge in [0.15, 0.2) is 5.78 Å². The third-order valence-corrected chi connectivity index (χ3v) is 2.08. The molecule has 0 bridgehead atoms. The second kappa shape index (κ2) is 5.06. The van der Waals surface area contributed by atoms with Crippen LogP contribution in [0, 0.1) is 5.92 Å². The number of carboxylic acid groups (broad SMARTS) is 2. The van der Waals surface area contributed by atoms with Crippen LogP contribution in [0.5, 0.6) is 0 Å². The van der Waals surface area contributed by atoms with Crippen LogP contribution in [0.15, 0.2) is 30.3 Å². The molecule has 0 aliphatic rings. The van der Waals surface area contributed by atoms with E-state index in [1.54, 1.807) is 30.3 Å². The lowest BCUT2D eigenvalue weighted by Gasteiger charge is -2.17. The minimum atomic E-state index is -2.01. The molecule has 1 rings (SSSR count). The van der Waals surface area contributed by atoms with E-state index < -0.39 is 23.6 Å². The van der Waals surface area contributed by atoms with Crippen LogP contribution in [0.3, 0.4) is 0 Å². The van der Waals surface area contributed by atoms with Crippen LogP contribution in [0.2, 0.25) is 0 Å². The Morgan fingerprint density at radius 3 is 2.06 bits per heavy atom. The number of benzene rings is 1. The average molecular weight is 220 g/mol. The number of rotatable bonds is 5. The first-order valence-electron chi connectivity index (χ1n) is 4.52. The van der Waals surface area contributed by atoms with Gasteiger partial charge in [-0.3, -0.25) is 4.79 Å². The quantitative estimate of drug-likeness (QED) is 0.418. The summed E-state index contributed by atoms with van der Waals surface area (Å²) in [5.74, 6) is -6.89. The lowest BCUT2D eigenvalue weighted by Crippen LogP contribution is -2.45. The lowest BCUT2D eigenvalue weighted by molar-refractivity contribution is -0.314. The monoisotopic (exact) mass is 220 g/mol. The van der Waals surface area contributed by atoms with Crippen LogP contribution >= 0.6 is 0 Å². The Bertz CT molecular complexity index is 410. The summed E-state index contributed by atoms with van der Waals surface area (Å²) >= 11 is 0. The molecule has 0 saturated heterocycles. The van der Waals surface area contributed by atoms with Gasteiger partial charge in [-0.2, -0.15) is 0 Å². The summed E-state index contributed by atoms with van der Waals surface area (Å²) in [5.41, 5.74) is 0.548. The van der Waals surface area contributed by atoms with Crippen molar-refractivity contribution in [2.24, 2.45) is 5.92 Å². The van der Waals surface area contributed by atoms with Gasteiger partial charge in [0, 0.05) is 0 Å². The number of hydrogen-bond donors (Lipinski definition) is 0. The van der Waals surface area contributed by atoms with E-state index in [-0.39, 0.29) is 6.42 Å². The summed E-state index contributed by atoms with van der Waals surface area (Å²) in [6.45, 7) is 0. The SMILES string of the molecule is O=C([O-])C(=O)C(Cc1ccccc1)C(=O)[O-]. The van der Waals surface area contributed by atoms with Crippen LogP contribution in [0.4, 0.5) is 0 Å². The summed E-state index contributed by atoms with van der Waals surface area (Å²) in [6, 6.07) is 8.23. The molecule has 0 N–H and O–H groups in total. The molecule has 1 aromatic rings. The molecule has 0 radical (unpaired) electrons. The number of aliphatic carboxylic acids is 2. The second-order valence-electron chi connectivity index (χ2n) is 3.21. The summed E-state index contributed by atoms with van der Waals surface area (Å²) in [7, 11) is 0. The number of Topliss-reactive ketones (excluding diaryl/α,β-unsaturated/α-hetero) is 1. The molecule has 0 heterocycles. The van der Waals surface area contributed by atoms with Gasteiger partial charge >= 0.3 is 0 Å². The molecular weight excluding hydrogens is 212 g/mol. The van der Waals surface area contributed by atoms with E-state index in [9.17, 15) is 24.6 Å². The second-order valence-corrected chi connectivity index (χ2v) is 3.21. The number of carbonyl (C=O) groups is 3. The zero-order valence-electron chi connectivity index (χ0n) is 8.21. The predicted molar refractivity (Wildman–Crippen MR) is 48.7 cm³/mol. The Balaban J connectivity index is 2.85. The van der Waals surface area contributed by atoms with Crippen molar-refractivity contribution in [1.29, 1.82) is 0 Å². The Kier molecular flexibility index (Phi) is 3.77. The molecule has 0 spiro atoms. The molecule has 0 aromatic heterocycles. The van der Waals surface area contributed by atoms with Gasteiger partial charge in [0.05, 0.1) is 11.9 Å². The standard InChI is InChI=1S/C11H10O5/c12-9(11(15)16)8(10(13)14)6-7-4-2-1-3-5-7/h1-5,8H,6H2,(H,13,14)(H,15,16)/p-2. The zero-order chi connectivity index (χ0) is 12.1. The first kappa shape index (κ1) is 11.9. The molecule has 0 aliphatic heterocycles. The van der Waals surface area contributed by atoms with Crippen molar-refractivity contribution < 1.29 is 24.6 Å². The molecule has 0 aliphatic carbocycles. The Labute approximate surface area is 91.3 Å². The van der Waals surface area contributed by atoms with Crippen LogP contribution in [-0.4, -0.2) is 17.7 Å². The number of carbonyl (C=O) groups excluding carboxylic acids is 3. The summed E-state index contributed by atoms with van der Waals surface area (Å²) in [5, 5.41) is 20.9. The van der Waals surface area contributed by atoms with E-state index in [2.05, 4.69) is 0 Å². The fourth-order valence-electron chi connectivity index (χ4n) is 1.28. The highest BCUT2D eigenvalue weighted by atomic mass is 16.4. The van der Waals surface area contributed by atoms with E-state index >= 15 is 0 Å². The predicted octanol–water partition coefficient (Wildman–Crippen LogP) is -2.09. The summed E-state index contributed by atoms with van der Waals surface area (Å²) < 4.78 is 0. The van der Waals surface area contributed by atoms with Crippen molar-refractivity contribution in [3.05, 3.63) is 35.9 Å². The summed E-state index contributed by atoms with van der Waals surface area (Å²) in [6.07, 6.45) is -0.212. The van der Waals surface area contributed by atoms with Crippen molar-refractivity contribution in [3.63, 3.8) is 0 Å². The third-order valence-electron chi connectivity index (χ3n) is 2.08. The maximum absolute atomic E-state index is 11.0. The maximum Gasteiger partial charge on any atom is 0.187 e. The Hall–Kier alpha value is -2.17. The van der Waals surface area contributed by atoms with Gasteiger partial charge in [0.1, 0.15) is 5.97 Å². The minimum absolute atomic E-state index is 0.212. The fraction of sp³-hybridized carbons (Fsp3) is 0.182. The molecule has 1 unspecified atom stereocenters. The Morgan fingerprint density at radius 2 is 1.62 bits per heavy atom.